The van der Waals surface area contributed by atoms with Gasteiger partial charge in [-0.2, -0.15) is 9.61 Å². The number of aryl methyl sites for hydroxylation is 1. The fourth-order valence-corrected chi connectivity index (χ4v) is 3.99. The lowest BCUT2D eigenvalue weighted by atomic mass is 9.83. The Morgan fingerprint density at radius 1 is 1.20 bits per heavy atom. The molecule has 0 spiro atoms. The molecular formula is C19H24BrN5. The third-order valence-electron chi connectivity index (χ3n) is 5.30. The van der Waals surface area contributed by atoms with Crippen LogP contribution in [0.3, 0.4) is 0 Å². The Labute approximate surface area is 156 Å². The van der Waals surface area contributed by atoms with Crippen molar-refractivity contribution in [1.29, 1.82) is 0 Å². The Morgan fingerprint density at radius 2 is 1.92 bits per heavy atom. The SMILES string of the molecule is Cc1cc(C(C)Br)c2nc(N3CCC(C)(C)CC3)n3ncnc3c2c1. The average Bonchev–Trinajstić information content (AvgIpc) is 3.03. The second-order valence-electron chi connectivity index (χ2n) is 7.92. The lowest BCUT2D eigenvalue weighted by molar-refractivity contribution is 0.278. The van der Waals surface area contributed by atoms with Crippen LogP contribution >= 0.6 is 15.9 Å². The van der Waals surface area contributed by atoms with Crippen LogP contribution in [0.4, 0.5) is 5.95 Å². The molecule has 1 saturated heterocycles. The van der Waals surface area contributed by atoms with Crippen LogP contribution in [0.1, 0.15) is 49.6 Å². The molecule has 4 rings (SSSR count). The minimum atomic E-state index is 0.237. The molecule has 3 heterocycles. The molecule has 0 amide bonds. The molecule has 1 atom stereocenters. The Hall–Kier alpha value is -1.69. The van der Waals surface area contributed by atoms with E-state index in [-0.39, 0.29) is 4.83 Å². The van der Waals surface area contributed by atoms with Gasteiger partial charge in [0.2, 0.25) is 5.95 Å². The number of hydrogen-bond donors (Lipinski definition) is 0. The van der Waals surface area contributed by atoms with Crippen molar-refractivity contribution in [2.45, 2.75) is 45.4 Å². The monoisotopic (exact) mass is 401 g/mol. The van der Waals surface area contributed by atoms with Gasteiger partial charge in [0.1, 0.15) is 6.33 Å². The maximum absolute atomic E-state index is 5.07. The summed E-state index contributed by atoms with van der Waals surface area (Å²) in [5, 5.41) is 5.54. The minimum Gasteiger partial charge on any atom is -0.341 e. The molecule has 0 N–H and O–H groups in total. The average molecular weight is 402 g/mol. The summed E-state index contributed by atoms with van der Waals surface area (Å²) in [6, 6.07) is 4.37. The number of alkyl halides is 1. The summed E-state index contributed by atoms with van der Waals surface area (Å²) in [6.45, 7) is 11.0. The number of anilines is 1. The molecule has 1 unspecified atom stereocenters. The number of rotatable bonds is 2. The van der Waals surface area contributed by atoms with Crippen LogP contribution in [0.15, 0.2) is 18.5 Å². The molecule has 132 valence electrons. The van der Waals surface area contributed by atoms with Crippen molar-refractivity contribution in [3.05, 3.63) is 29.6 Å². The van der Waals surface area contributed by atoms with Crippen LogP contribution in [0.5, 0.6) is 0 Å². The summed E-state index contributed by atoms with van der Waals surface area (Å²) in [5.41, 5.74) is 4.74. The van der Waals surface area contributed by atoms with E-state index in [2.05, 4.69) is 70.7 Å². The normalized spacial score (nSPS) is 18.8. The van der Waals surface area contributed by atoms with Gasteiger partial charge < -0.3 is 4.90 Å². The fourth-order valence-electron chi connectivity index (χ4n) is 3.64. The molecule has 0 aliphatic carbocycles. The van der Waals surface area contributed by atoms with Gasteiger partial charge in [-0.25, -0.2) is 9.97 Å². The Kier molecular flexibility index (Phi) is 3.98. The summed E-state index contributed by atoms with van der Waals surface area (Å²) in [7, 11) is 0. The predicted molar refractivity (Wildman–Crippen MR) is 106 cm³/mol. The van der Waals surface area contributed by atoms with Crippen molar-refractivity contribution < 1.29 is 0 Å². The van der Waals surface area contributed by atoms with Crippen molar-refractivity contribution in [3.8, 4) is 0 Å². The van der Waals surface area contributed by atoms with E-state index in [1.165, 1.54) is 24.0 Å². The Bertz CT molecular complexity index is 934. The summed E-state index contributed by atoms with van der Waals surface area (Å²) in [5.74, 6) is 0.911. The second-order valence-corrected chi connectivity index (χ2v) is 9.30. The summed E-state index contributed by atoms with van der Waals surface area (Å²) < 4.78 is 1.91. The van der Waals surface area contributed by atoms with Crippen LogP contribution in [0, 0.1) is 12.3 Å². The van der Waals surface area contributed by atoms with Gasteiger partial charge in [0.25, 0.3) is 0 Å². The maximum Gasteiger partial charge on any atom is 0.229 e. The molecule has 2 aromatic heterocycles. The van der Waals surface area contributed by atoms with Crippen LogP contribution in [0.2, 0.25) is 0 Å². The van der Waals surface area contributed by atoms with E-state index < -0.39 is 0 Å². The smallest absolute Gasteiger partial charge is 0.229 e. The Morgan fingerprint density at radius 3 is 2.60 bits per heavy atom. The quantitative estimate of drug-likeness (QED) is 0.585. The number of aromatic nitrogens is 4. The first-order chi connectivity index (χ1) is 11.9. The topological polar surface area (TPSA) is 46.3 Å². The number of fused-ring (bicyclic) bond motifs is 3. The first-order valence-corrected chi connectivity index (χ1v) is 9.80. The van der Waals surface area contributed by atoms with Crippen molar-refractivity contribution in [2.75, 3.05) is 18.0 Å². The number of piperidine rings is 1. The van der Waals surface area contributed by atoms with E-state index in [9.17, 15) is 0 Å². The highest BCUT2D eigenvalue weighted by molar-refractivity contribution is 9.09. The van der Waals surface area contributed by atoms with Gasteiger partial charge in [0, 0.05) is 23.3 Å². The zero-order chi connectivity index (χ0) is 17.8. The van der Waals surface area contributed by atoms with E-state index in [0.717, 1.165) is 35.6 Å². The minimum absolute atomic E-state index is 0.237. The highest BCUT2D eigenvalue weighted by atomic mass is 79.9. The maximum atomic E-state index is 5.07. The van der Waals surface area contributed by atoms with E-state index in [1.54, 1.807) is 6.33 Å². The lowest BCUT2D eigenvalue weighted by Gasteiger charge is -2.37. The largest absolute Gasteiger partial charge is 0.341 e. The third kappa shape index (κ3) is 2.90. The van der Waals surface area contributed by atoms with E-state index in [0.29, 0.717) is 5.41 Å². The molecule has 1 aromatic carbocycles. The van der Waals surface area contributed by atoms with Crippen molar-refractivity contribution in [2.24, 2.45) is 5.41 Å². The molecule has 1 aliphatic rings. The van der Waals surface area contributed by atoms with Gasteiger partial charge in [0.15, 0.2) is 5.65 Å². The highest BCUT2D eigenvalue weighted by Gasteiger charge is 2.28. The van der Waals surface area contributed by atoms with Crippen molar-refractivity contribution in [3.63, 3.8) is 0 Å². The molecule has 0 saturated carbocycles. The molecule has 3 aromatic rings. The molecular weight excluding hydrogens is 378 g/mol. The van der Waals surface area contributed by atoms with Gasteiger partial charge >= 0.3 is 0 Å². The Balaban J connectivity index is 1.94. The fraction of sp³-hybridized carbons (Fsp3) is 0.526. The zero-order valence-corrected chi connectivity index (χ0v) is 16.8. The summed E-state index contributed by atoms with van der Waals surface area (Å²) >= 11 is 3.73. The van der Waals surface area contributed by atoms with Crippen LogP contribution < -0.4 is 4.90 Å². The number of hydrogen-bond acceptors (Lipinski definition) is 4. The molecule has 6 heteroatoms. The van der Waals surface area contributed by atoms with Gasteiger partial charge in [0.05, 0.1) is 5.52 Å². The van der Waals surface area contributed by atoms with Gasteiger partial charge in [-0.05, 0) is 49.3 Å². The zero-order valence-electron chi connectivity index (χ0n) is 15.3. The van der Waals surface area contributed by atoms with Crippen molar-refractivity contribution >= 4 is 38.4 Å². The second kappa shape index (κ2) is 5.94. The van der Waals surface area contributed by atoms with E-state index >= 15 is 0 Å². The molecule has 1 aliphatic heterocycles. The van der Waals surface area contributed by atoms with Crippen molar-refractivity contribution in [1.82, 2.24) is 19.6 Å². The summed E-state index contributed by atoms with van der Waals surface area (Å²) in [4.78, 5) is 12.2. The van der Waals surface area contributed by atoms with Crippen LogP contribution in [-0.2, 0) is 0 Å². The highest BCUT2D eigenvalue weighted by Crippen LogP contribution is 2.35. The first-order valence-electron chi connectivity index (χ1n) is 8.89. The predicted octanol–water partition coefficient (Wildman–Crippen LogP) is 4.67. The van der Waals surface area contributed by atoms with Gasteiger partial charge in [-0.3, -0.25) is 0 Å². The molecule has 0 radical (unpaired) electrons. The molecule has 5 nitrogen and oxygen atoms in total. The molecule has 0 bridgehead atoms. The van der Waals surface area contributed by atoms with Gasteiger partial charge in [-0.15, -0.1) is 0 Å². The standard InChI is InChI=1S/C19H24BrN5/c1-12-9-14(13(2)20)16-15(10-12)17-21-11-22-25(17)18(23-16)24-7-5-19(3,4)6-8-24/h9-11,13H,5-8H2,1-4H3. The van der Waals surface area contributed by atoms with E-state index in [1.807, 2.05) is 4.52 Å². The number of halogens is 1. The number of nitrogens with zero attached hydrogens (tertiary/aromatic N) is 5. The molecule has 25 heavy (non-hydrogen) atoms. The molecule has 1 fully saturated rings. The van der Waals surface area contributed by atoms with Crippen LogP contribution in [-0.4, -0.2) is 32.7 Å². The van der Waals surface area contributed by atoms with E-state index in [4.69, 9.17) is 4.98 Å². The van der Waals surface area contributed by atoms with Crippen LogP contribution in [0.25, 0.3) is 16.6 Å². The summed E-state index contributed by atoms with van der Waals surface area (Å²) in [6.07, 6.45) is 3.96. The first kappa shape index (κ1) is 16.8. The lowest BCUT2D eigenvalue weighted by Crippen LogP contribution is -2.38. The van der Waals surface area contributed by atoms with Gasteiger partial charge in [-0.1, -0.05) is 35.8 Å². The number of benzene rings is 1. The third-order valence-corrected chi connectivity index (χ3v) is 5.80.